The van der Waals surface area contributed by atoms with Crippen molar-refractivity contribution in [2.45, 2.75) is 6.92 Å². The van der Waals surface area contributed by atoms with Crippen LogP contribution in [0, 0.1) is 0 Å². The predicted molar refractivity (Wildman–Crippen MR) is 62.8 cm³/mol. The highest BCUT2D eigenvalue weighted by Gasteiger charge is 1.90. The molecule has 2 aromatic rings. The summed E-state index contributed by atoms with van der Waals surface area (Å²) in [5, 5.41) is 12.8. The minimum absolute atomic E-state index is 0.0140. The van der Waals surface area contributed by atoms with Crippen molar-refractivity contribution in [3.05, 3.63) is 36.9 Å². The molecule has 0 unspecified atom stereocenters. The second-order valence-electron chi connectivity index (χ2n) is 3.04. The summed E-state index contributed by atoms with van der Waals surface area (Å²) < 4.78 is 0. The molecule has 0 spiro atoms. The van der Waals surface area contributed by atoms with Gasteiger partial charge in [-0.15, -0.1) is 6.58 Å². The maximum absolute atomic E-state index is 10.0. The standard InChI is InChI=1S/C6H5N3.C5H9NO/c1-2-4-6-5(3-1)7-9-8-6;1-3-4-6-5(2)7/h1-4H,(H,7,8,9);3H,1,4H2,2H3,(H,6,7). The Kier molecular flexibility index (Phi) is 4.72. The highest BCUT2D eigenvalue weighted by atomic mass is 16.1. The summed E-state index contributed by atoms with van der Waals surface area (Å²) in [5.41, 5.74) is 1.83. The van der Waals surface area contributed by atoms with E-state index >= 15 is 0 Å². The second-order valence-corrected chi connectivity index (χ2v) is 3.04. The third kappa shape index (κ3) is 3.91. The SMILES string of the molecule is C=CCNC(C)=O.c1ccc2n[nH]nc2c1. The van der Waals surface area contributed by atoms with E-state index in [9.17, 15) is 4.79 Å². The highest BCUT2D eigenvalue weighted by Crippen LogP contribution is 2.03. The molecule has 0 aliphatic rings. The first-order valence-corrected chi connectivity index (χ1v) is 4.85. The van der Waals surface area contributed by atoms with Crippen LogP contribution >= 0.6 is 0 Å². The van der Waals surface area contributed by atoms with Gasteiger partial charge >= 0.3 is 0 Å². The van der Waals surface area contributed by atoms with Crippen LogP contribution in [0.25, 0.3) is 11.0 Å². The first-order valence-electron chi connectivity index (χ1n) is 4.85. The number of nitrogens with one attached hydrogen (secondary N) is 2. The monoisotopic (exact) mass is 218 g/mol. The van der Waals surface area contributed by atoms with Gasteiger partial charge in [0.05, 0.1) is 0 Å². The van der Waals surface area contributed by atoms with Gasteiger partial charge in [0.1, 0.15) is 11.0 Å². The molecule has 1 aromatic carbocycles. The Morgan fingerprint density at radius 2 is 2.00 bits per heavy atom. The zero-order chi connectivity index (χ0) is 11.8. The van der Waals surface area contributed by atoms with Gasteiger partial charge < -0.3 is 5.32 Å². The van der Waals surface area contributed by atoms with E-state index in [0.29, 0.717) is 6.54 Å². The maximum atomic E-state index is 10.0. The molecule has 0 saturated heterocycles. The quantitative estimate of drug-likeness (QED) is 0.745. The van der Waals surface area contributed by atoms with Crippen LogP contribution in [0.3, 0.4) is 0 Å². The van der Waals surface area contributed by atoms with Gasteiger partial charge in [-0.2, -0.15) is 15.4 Å². The fraction of sp³-hybridized carbons (Fsp3) is 0.182. The van der Waals surface area contributed by atoms with E-state index in [1.54, 1.807) is 6.08 Å². The minimum atomic E-state index is -0.0140. The van der Waals surface area contributed by atoms with Crippen LogP contribution < -0.4 is 5.32 Å². The Morgan fingerprint density at radius 3 is 2.38 bits per heavy atom. The summed E-state index contributed by atoms with van der Waals surface area (Å²) in [7, 11) is 0. The third-order valence-corrected chi connectivity index (χ3v) is 1.72. The molecule has 1 amide bonds. The predicted octanol–water partition coefficient (Wildman–Crippen LogP) is 1.27. The van der Waals surface area contributed by atoms with Gasteiger partial charge in [-0.1, -0.05) is 18.2 Å². The molecular weight excluding hydrogens is 204 g/mol. The Morgan fingerprint density at radius 1 is 1.44 bits per heavy atom. The number of para-hydroxylation sites is 2. The number of aromatic amines is 1. The van der Waals surface area contributed by atoms with Gasteiger partial charge in [0.15, 0.2) is 0 Å². The molecule has 5 nitrogen and oxygen atoms in total. The first-order chi connectivity index (χ1) is 7.74. The van der Waals surface area contributed by atoms with E-state index in [4.69, 9.17) is 0 Å². The number of hydrogen-bond acceptors (Lipinski definition) is 3. The zero-order valence-electron chi connectivity index (χ0n) is 9.10. The van der Waals surface area contributed by atoms with Crippen molar-refractivity contribution in [1.29, 1.82) is 0 Å². The number of hydrogen-bond donors (Lipinski definition) is 2. The Bertz CT molecular complexity index is 433. The Labute approximate surface area is 93.6 Å². The summed E-state index contributed by atoms with van der Waals surface area (Å²) in [4.78, 5) is 10.0. The van der Waals surface area contributed by atoms with Crippen LogP contribution in [0.5, 0.6) is 0 Å². The molecule has 1 heterocycles. The summed E-state index contributed by atoms with van der Waals surface area (Å²) in [6, 6.07) is 7.70. The molecule has 84 valence electrons. The van der Waals surface area contributed by atoms with Crippen molar-refractivity contribution in [3.8, 4) is 0 Å². The number of carbonyl (C=O) groups excluding carboxylic acids is 1. The zero-order valence-corrected chi connectivity index (χ0v) is 9.10. The second kappa shape index (κ2) is 6.34. The lowest BCUT2D eigenvalue weighted by Crippen LogP contribution is -2.18. The largest absolute Gasteiger partial charge is 0.353 e. The fourth-order valence-corrected chi connectivity index (χ4v) is 1.00. The van der Waals surface area contributed by atoms with Crippen molar-refractivity contribution in [3.63, 3.8) is 0 Å². The van der Waals surface area contributed by atoms with Crippen LogP contribution in [-0.2, 0) is 4.79 Å². The molecule has 1 aromatic heterocycles. The maximum Gasteiger partial charge on any atom is 0.217 e. The molecule has 0 fully saturated rings. The average Bonchev–Trinajstić information content (AvgIpc) is 2.75. The van der Waals surface area contributed by atoms with Gasteiger partial charge in [-0.3, -0.25) is 4.79 Å². The topological polar surface area (TPSA) is 70.7 Å². The molecule has 0 saturated carbocycles. The Balaban J connectivity index is 0.000000168. The normalized spacial score (nSPS) is 9.06. The number of rotatable bonds is 2. The average molecular weight is 218 g/mol. The smallest absolute Gasteiger partial charge is 0.217 e. The summed E-state index contributed by atoms with van der Waals surface area (Å²) >= 11 is 0. The van der Waals surface area contributed by atoms with Gasteiger partial charge in [0, 0.05) is 13.5 Å². The number of H-pyrrole nitrogens is 1. The minimum Gasteiger partial charge on any atom is -0.353 e. The van der Waals surface area contributed by atoms with Crippen molar-refractivity contribution in [2.24, 2.45) is 0 Å². The van der Waals surface area contributed by atoms with E-state index < -0.39 is 0 Å². The lowest BCUT2D eigenvalue weighted by molar-refractivity contribution is -0.118. The molecule has 0 radical (unpaired) electrons. The number of nitrogens with zero attached hydrogens (tertiary/aromatic N) is 2. The number of benzene rings is 1. The molecule has 0 aliphatic carbocycles. The van der Waals surface area contributed by atoms with Crippen LogP contribution in [0.4, 0.5) is 0 Å². The number of carbonyl (C=O) groups is 1. The molecule has 0 aliphatic heterocycles. The van der Waals surface area contributed by atoms with E-state index in [2.05, 4.69) is 27.3 Å². The third-order valence-electron chi connectivity index (χ3n) is 1.72. The van der Waals surface area contributed by atoms with Crippen molar-refractivity contribution >= 4 is 16.9 Å². The molecule has 0 atom stereocenters. The number of fused-ring (bicyclic) bond motifs is 1. The molecular formula is C11H14N4O. The van der Waals surface area contributed by atoms with Crippen LogP contribution in [0.1, 0.15) is 6.92 Å². The molecule has 0 bridgehead atoms. The van der Waals surface area contributed by atoms with Crippen LogP contribution in [-0.4, -0.2) is 27.9 Å². The van der Waals surface area contributed by atoms with Crippen molar-refractivity contribution in [1.82, 2.24) is 20.7 Å². The van der Waals surface area contributed by atoms with Gasteiger partial charge in [0.25, 0.3) is 0 Å². The summed E-state index contributed by atoms with van der Waals surface area (Å²) in [5.74, 6) is -0.0140. The van der Waals surface area contributed by atoms with E-state index in [1.165, 1.54) is 6.92 Å². The molecule has 16 heavy (non-hydrogen) atoms. The number of amides is 1. The highest BCUT2D eigenvalue weighted by molar-refractivity contribution is 5.73. The molecule has 2 rings (SSSR count). The van der Waals surface area contributed by atoms with E-state index in [1.807, 2.05) is 24.3 Å². The van der Waals surface area contributed by atoms with E-state index in [0.717, 1.165) is 11.0 Å². The summed E-state index contributed by atoms with van der Waals surface area (Å²) in [6.07, 6.45) is 1.64. The first kappa shape index (κ1) is 11.9. The van der Waals surface area contributed by atoms with Crippen LogP contribution in [0.15, 0.2) is 36.9 Å². The molecule has 2 N–H and O–H groups in total. The van der Waals surface area contributed by atoms with Gasteiger partial charge in [-0.25, -0.2) is 0 Å². The van der Waals surface area contributed by atoms with E-state index in [-0.39, 0.29) is 5.91 Å². The lowest BCUT2D eigenvalue weighted by atomic mass is 10.3. The Hall–Kier alpha value is -2.17. The molecule has 5 heteroatoms. The van der Waals surface area contributed by atoms with Crippen molar-refractivity contribution < 1.29 is 4.79 Å². The number of aromatic nitrogens is 3. The fourth-order valence-electron chi connectivity index (χ4n) is 1.00. The van der Waals surface area contributed by atoms with Gasteiger partial charge in [-0.05, 0) is 12.1 Å². The lowest BCUT2D eigenvalue weighted by Gasteiger charge is -1.90. The summed E-state index contributed by atoms with van der Waals surface area (Å²) in [6.45, 7) is 5.46. The van der Waals surface area contributed by atoms with Crippen LogP contribution in [0.2, 0.25) is 0 Å². The van der Waals surface area contributed by atoms with Crippen molar-refractivity contribution in [2.75, 3.05) is 6.54 Å². The van der Waals surface area contributed by atoms with Gasteiger partial charge in [0.2, 0.25) is 5.91 Å².